The molecule has 3 aromatic carbocycles. The Morgan fingerprint density at radius 1 is 0.940 bits per heavy atom. The minimum absolute atomic E-state index is 0.0282. The number of aryl methyl sites for hydroxylation is 3. The standard InChI is InChI=1S/C43H55N3O4/c1-31(29-45-2)11-6-4-9-16-39(47)28-40(48)22-21-35-26-42(50-3)41(49)25-37(35)24-38-30-46-43(44)27-36(38)20-19-34-15-10-14-33(23-34)18-17-32-12-7-5-8-13-32/h5,7-8,10,12-15,21-23,25-27,30-31,43,45-46,49H,4,6,9,11,16-20,24,28-29,44H2,1-3H3. The van der Waals surface area contributed by atoms with E-state index in [1.807, 2.05) is 19.3 Å². The van der Waals surface area contributed by atoms with Gasteiger partial charge in [-0.25, -0.2) is 0 Å². The third kappa shape index (κ3) is 12.8. The van der Waals surface area contributed by atoms with Crippen LogP contribution in [-0.4, -0.2) is 43.5 Å². The van der Waals surface area contributed by atoms with Crippen LogP contribution in [0, 0.1) is 5.92 Å². The van der Waals surface area contributed by atoms with Gasteiger partial charge in [0.2, 0.25) is 0 Å². The Balaban J connectivity index is 1.37. The average Bonchev–Trinajstić information content (AvgIpc) is 3.11. The second kappa shape index (κ2) is 20.3. The van der Waals surface area contributed by atoms with Gasteiger partial charge in [0.15, 0.2) is 17.3 Å². The molecule has 2 unspecified atom stereocenters. The van der Waals surface area contributed by atoms with Gasteiger partial charge in [-0.15, -0.1) is 0 Å². The Kier molecular flexibility index (Phi) is 15.5. The number of hydrogen-bond acceptors (Lipinski definition) is 7. The third-order valence-corrected chi connectivity index (χ3v) is 9.31. The minimum atomic E-state index is -0.285. The summed E-state index contributed by atoms with van der Waals surface area (Å²) < 4.78 is 5.39. The highest BCUT2D eigenvalue weighted by Crippen LogP contribution is 2.33. The number of benzene rings is 3. The van der Waals surface area contributed by atoms with Gasteiger partial charge in [0.1, 0.15) is 5.78 Å². The molecule has 1 aliphatic rings. The predicted molar refractivity (Wildman–Crippen MR) is 204 cm³/mol. The summed E-state index contributed by atoms with van der Waals surface area (Å²) >= 11 is 0. The number of ether oxygens (including phenoxy) is 1. The minimum Gasteiger partial charge on any atom is -0.504 e. The Morgan fingerprint density at radius 2 is 1.66 bits per heavy atom. The van der Waals surface area contributed by atoms with Crippen molar-refractivity contribution in [1.29, 1.82) is 0 Å². The number of dihydropyridines is 1. The van der Waals surface area contributed by atoms with Crippen molar-refractivity contribution in [3.8, 4) is 11.5 Å². The number of phenolic OH excluding ortho intramolecular Hbond substituents is 1. The van der Waals surface area contributed by atoms with E-state index in [1.165, 1.54) is 29.9 Å². The van der Waals surface area contributed by atoms with Crippen LogP contribution in [0.25, 0.3) is 6.08 Å². The maximum Gasteiger partial charge on any atom is 0.163 e. The van der Waals surface area contributed by atoms with E-state index in [0.29, 0.717) is 24.5 Å². The monoisotopic (exact) mass is 677 g/mol. The molecule has 50 heavy (non-hydrogen) atoms. The molecular formula is C43H55N3O4. The zero-order chi connectivity index (χ0) is 35.7. The van der Waals surface area contributed by atoms with E-state index in [9.17, 15) is 14.7 Å². The third-order valence-electron chi connectivity index (χ3n) is 9.31. The number of carbonyl (C=O) groups is 2. The summed E-state index contributed by atoms with van der Waals surface area (Å²) in [7, 11) is 3.46. The molecule has 0 amide bonds. The first-order valence-electron chi connectivity index (χ1n) is 18.0. The summed E-state index contributed by atoms with van der Waals surface area (Å²) in [5.41, 5.74) is 14.0. The largest absolute Gasteiger partial charge is 0.504 e. The summed E-state index contributed by atoms with van der Waals surface area (Å²) in [5.74, 6) is 0.710. The van der Waals surface area contributed by atoms with Crippen molar-refractivity contribution in [2.24, 2.45) is 11.7 Å². The van der Waals surface area contributed by atoms with Gasteiger partial charge in [-0.1, -0.05) is 80.4 Å². The first-order chi connectivity index (χ1) is 24.2. The number of unbranched alkanes of at least 4 members (excludes halogenated alkanes) is 2. The first-order valence-corrected chi connectivity index (χ1v) is 18.0. The molecule has 0 saturated carbocycles. The molecule has 1 aliphatic heterocycles. The van der Waals surface area contributed by atoms with Crippen LogP contribution in [0.1, 0.15) is 79.7 Å². The highest BCUT2D eigenvalue weighted by Gasteiger charge is 2.17. The van der Waals surface area contributed by atoms with E-state index in [1.54, 1.807) is 18.2 Å². The zero-order valence-electron chi connectivity index (χ0n) is 30.0. The van der Waals surface area contributed by atoms with Gasteiger partial charge >= 0.3 is 0 Å². The quantitative estimate of drug-likeness (QED) is 0.0528. The summed E-state index contributed by atoms with van der Waals surface area (Å²) in [4.78, 5) is 25.3. The summed E-state index contributed by atoms with van der Waals surface area (Å²) in [6, 6.07) is 22.8. The number of Topliss-reactive ketones (excluding diaryl/α,β-unsaturated/α-hetero) is 1. The SMILES string of the molecule is CNCC(C)CCCCCC(=O)CC(=O)C=Cc1cc(OC)c(O)cc1CC1=CNC(N)C=C1CCc1cccc(CCc2ccccc2)c1. The average molecular weight is 678 g/mol. The second-order valence-electron chi connectivity index (χ2n) is 13.5. The number of rotatable bonds is 21. The fourth-order valence-electron chi connectivity index (χ4n) is 6.49. The highest BCUT2D eigenvalue weighted by molar-refractivity contribution is 6.06. The molecule has 0 aliphatic carbocycles. The number of nitrogens with two attached hydrogens (primary N) is 1. The lowest BCUT2D eigenvalue weighted by atomic mass is 9.89. The van der Waals surface area contributed by atoms with Gasteiger partial charge in [-0.05, 0) is 128 Å². The smallest absolute Gasteiger partial charge is 0.163 e. The molecule has 1 heterocycles. The maximum atomic E-state index is 12.8. The number of hydrogen-bond donors (Lipinski definition) is 4. The highest BCUT2D eigenvalue weighted by atomic mass is 16.5. The van der Waals surface area contributed by atoms with Gasteiger partial charge in [0.25, 0.3) is 0 Å². The molecule has 0 saturated heterocycles. The number of nitrogens with one attached hydrogen (secondary N) is 2. The van der Waals surface area contributed by atoms with Crippen LogP contribution >= 0.6 is 0 Å². The van der Waals surface area contributed by atoms with Crippen LogP contribution in [0.3, 0.4) is 0 Å². The summed E-state index contributed by atoms with van der Waals surface area (Å²) in [5, 5.41) is 17.1. The van der Waals surface area contributed by atoms with Crippen molar-refractivity contribution >= 4 is 17.6 Å². The van der Waals surface area contributed by atoms with Gasteiger partial charge in [-0.3, -0.25) is 9.59 Å². The molecular weight excluding hydrogens is 622 g/mol. The molecule has 0 fully saturated rings. The van der Waals surface area contributed by atoms with Gasteiger partial charge < -0.3 is 26.2 Å². The van der Waals surface area contributed by atoms with Crippen molar-refractivity contribution in [2.75, 3.05) is 20.7 Å². The molecule has 0 spiro atoms. The van der Waals surface area contributed by atoms with Crippen LogP contribution in [-0.2, 0) is 35.3 Å². The van der Waals surface area contributed by atoms with E-state index < -0.39 is 0 Å². The normalized spacial score (nSPS) is 14.9. The molecule has 2 atom stereocenters. The summed E-state index contributed by atoms with van der Waals surface area (Å²) in [6.07, 6.45) is 15.5. The fourth-order valence-corrected chi connectivity index (χ4v) is 6.49. The number of aromatic hydroxyl groups is 1. The molecule has 0 bridgehead atoms. The maximum absolute atomic E-state index is 12.8. The molecule has 266 valence electrons. The molecule has 3 aromatic rings. The lowest BCUT2D eigenvalue weighted by Gasteiger charge is -2.22. The Labute approximate surface area is 298 Å². The molecule has 4 rings (SSSR count). The van der Waals surface area contributed by atoms with Crippen LogP contribution in [0.15, 0.2) is 96.2 Å². The van der Waals surface area contributed by atoms with Crippen molar-refractivity contribution in [3.05, 3.63) is 124 Å². The molecule has 0 aromatic heterocycles. The molecule has 7 nitrogen and oxygen atoms in total. The van der Waals surface area contributed by atoms with Crippen LogP contribution < -0.4 is 21.1 Å². The number of allylic oxidation sites excluding steroid dienone is 3. The number of ketones is 2. The van der Waals surface area contributed by atoms with E-state index in [-0.39, 0.29) is 29.9 Å². The van der Waals surface area contributed by atoms with Crippen LogP contribution in [0.5, 0.6) is 11.5 Å². The predicted octanol–water partition coefficient (Wildman–Crippen LogP) is 7.41. The van der Waals surface area contributed by atoms with E-state index in [2.05, 4.69) is 72.2 Å². The van der Waals surface area contributed by atoms with Gasteiger partial charge in [0, 0.05) is 12.6 Å². The number of carbonyl (C=O) groups excluding carboxylic acids is 2. The van der Waals surface area contributed by atoms with Crippen molar-refractivity contribution in [1.82, 2.24) is 10.6 Å². The van der Waals surface area contributed by atoms with E-state index in [0.717, 1.165) is 80.2 Å². The Hall–Kier alpha value is -4.46. The van der Waals surface area contributed by atoms with Gasteiger partial charge in [0.05, 0.1) is 19.7 Å². The molecule has 7 heteroatoms. The number of phenols is 1. The lowest BCUT2D eigenvalue weighted by Crippen LogP contribution is -2.35. The Bertz CT molecular complexity index is 1640. The fraction of sp³-hybridized carbons (Fsp3) is 0.395. The topological polar surface area (TPSA) is 114 Å². The van der Waals surface area contributed by atoms with Crippen LogP contribution in [0.2, 0.25) is 0 Å². The lowest BCUT2D eigenvalue weighted by molar-refractivity contribution is -0.124. The van der Waals surface area contributed by atoms with Crippen molar-refractivity contribution in [3.63, 3.8) is 0 Å². The van der Waals surface area contributed by atoms with Crippen LogP contribution in [0.4, 0.5) is 0 Å². The first kappa shape index (κ1) is 38.3. The number of methoxy groups -OCH3 is 1. The second-order valence-corrected chi connectivity index (χ2v) is 13.5. The molecule has 5 N–H and O–H groups in total. The van der Waals surface area contributed by atoms with Gasteiger partial charge in [-0.2, -0.15) is 0 Å². The van der Waals surface area contributed by atoms with Crippen molar-refractivity contribution in [2.45, 2.75) is 83.7 Å². The Morgan fingerprint density at radius 3 is 2.40 bits per heavy atom. The zero-order valence-corrected chi connectivity index (χ0v) is 30.0. The van der Waals surface area contributed by atoms with Crippen molar-refractivity contribution < 1.29 is 19.4 Å². The van der Waals surface area contributed by atoms with E-state index in [4.69, 9.17) is 10.5 Å². The van der Waals surface area contributed by atoms with E-state index >= 15 is 0 Å². The molecule has 0 radical (unpaired) electrons. The summed E-state index contributed by atoms with van der Waals surface area (Å²) in [6.45, 7) is 3.23.